The summed E-state index contributed by atoms with van der Waals surface area (Å²) in [7, 11) is 0. The zero-order valence-corrected chi connectivity index (χ0v) is 16.8. The summed E-state index contributed by atoms with van der Waals surface area (Å²) in [5, 5.41) is 11.8. The highest BCUT2D eigenvalue weighted by atomic mass is 16.4. The van der Waals surface area contributed by atoms with Gasteiger partial charge < -0.3 is 10.4 Å². The zero-order valence-electron chi connectivity index (χ0n) is 16.8. The Hall–Kier alpha value is -3.41. The van der Waals surface area contributed by atoms with E-state index in [1.807, 2.05) is 67.8 Å². The number of hydrogen-bond donors (Lipinski definition) is 2. The van der Waals surface area contributed by atoms with Crippen LogP contribution in [0.5, 0.6) is 0 Å². The van der Waals surface area contributed by atoms with Gasteiger partial charge in [0, 0.05) is 17.8 Å². The molecule has 1 aromatic carbocycles. The Labute approximate surface area is 169 Å². The van der Waals surface area contributed by atoms with Crippen LogP contribution in [0.3, 0.4) is 0 Å². The molecule has 1 unspecified atom stereocenters. The quantitative estimate of drug-likeness (QED) is 0.596. The lowest BCUT2D eigenvalue weighted by molar-refractivity contribution is -0.141. The van der Waals surface area contributed by atoms with Gasteiger partial charge in [0.2, 0.25) is 5.91 Å². The lowest BCUT2D eigenvalue weighted by Gasteiger charge is -2.11. The van der Waals surface area contributed by atoms with Gasteiger partial charge in [0.15, 0.2) is 0 Å². The summed E-state index contributed by atoms with van der Waals surface area (Å²) in [5.74, 6) is -1.47. The summed E-state index contributed by atoms with van der Waals surface area (Å²) in [4.78, 5) is 28.4. The molecule has 2 aromatic heterocycles. The Kier molecular flexibility index (Phi) is 6.12. The van der Waals surface area contributed by atoms with Crippen LogP contribution in [0.2, 0.25) is 0 Å². The monoisotopic (exact) mass is 391 g/mol. The van der Waals surface area contributed by atoms with Crippen molar-refractivity contribution in [2.45, 2.75) is 39.7 Å². The van der Waals surface area contributed by atoms with Crippen LogP contribution in [0.15, 0.2) is 48.7 Å². The Balaban J connectivity index is 1.97. The molecule has 0 saturated heterocycles. The van der Waals surface area contributed by atoms with Crippen LogP contribution < -0.4 is 5.32 Å². The highest BCUT2D eigenvalue weighted by molar-refractivity contribution is 5.95. The largest absolute Gasteiger partial charge is 0.480 e. The van der Waals surface area contributed by atoms with E-state index in [9.17, 15) is 14.7 Å². The molecule has 3 rings (SSSR count). The van der Waals surface area contributed by atoms with Gasteiger partial charge in [0.1, 0.15) is 11.7 Å². The number of imidazole rings is 1. The number of carbonyl (C=O) groups is 2. The number of hydrogen-bond acceptors (Lipinski definition) is 3. The molecule has 2 heterocycles. The van der Waals surface area contributed by atoms with Crippen molar-refractivity contribution in [3.63, 3.8) is 0 Å². The third kappa shape index (κ3) is 4.71. The maximum atomic E-state index is 12.3. The van der Waals surface area contributed by atoms with Crippen LogP contribution in [-0.2, 0) is 9.59 Å². The fourth-order valence-electron chi connectivity index (χ4n) is 3.17. The topological polar surface area (TPSA) is 83.7 Å². The molecule has 1 amide bonds. The van der Waals surface area contributed by atoms with Crippen molar-refractivity contribution in [3.8, 4) is 11.3 Å². The molecule has 0 saturated carbocycles. The highest BCUT2D eigenvalue weighted by Gasteiger charge is 2.18. The van der Waals surface area contributed by atoms with E-state index in [0.717, 1.165) is 33.7 Å². The standard InChI is InChI=1S/C23H25N3O3/c1-4-5-18(23(28)29)24-21(27)11-10-19-22(17-8-6-15(2)7-9-17)25-20-14-16(3)12-13-26(19)20/h6-14,18H,4-5H2,1-3H3,(H,24,27)(H,28,29)/b11-10+. The van der Waals surface area contributed by atoms with Crippen LogP contribution in [0.4, 0.5) is 0 Å². The number of aliphatic carboxylic acids is 1. The molecule has 0 aliphatic carbocycles. The van der Waals surface area contributed by atoms with Crippen molar-refractivity contribution in [2.75, 3.05) is 0 Å². The predicted octanol–water partition coefficient (Wildman–Crippen LogP) is 4.00. The third-order valence-electron chi connectivity index (χ3n) is 4.73. The first-order valence-electron chi connectivity index (χ1n) is 9.66. The third-order valence-corrected chi connectivity index (χ3v) is 4.73. The molecule has 150 valence electrons. The zero-order chi connectivity index (χ0) is 21.0. The smallest absolute Gasteiger partial charge is 0.326 e. The predicted molar refractivity (Wildman–Crippen MR) is 114 cm³/mol. The Morgan fingerprint density at radius 2 is 1.90 bits per heavy atom. The first-order chi connectivity index (χ1) is 13.9. The average Bonchev–Trinajstić information content (AvgIpc) is 3.04. The van der Waals surface area contributed by atoms with Gasteiger partial charge in [-0.2, -0.15) is 0 Å². The average molecular weight is 391 g/mol. The lowest BCUT2D eigenvalue weighted by atomic mass is 10.1. The number of rotatable bonds is 7. The SMILES string of the molecule is CCCC(NC(=O)/C=C/c1c(-c2ccc(C)cc2)nc2cc(C)ccn12)C(=O)O. The minimum absolute atomic E-state index is 0.387. The second-order valence-electron chi connectivity index (χ2n) is 7.17. The van der Waals surface area contributed by atoms with Crippen LogP contribution in [0.25, 0.3) is 23.0 Å². The van der Waals surface area contributed by atoms with E-state index < -0.39 is 17.9 Å². The van der Waals surface area contributed by atoms with Crippen LogP contribution in [0.1, 0.15) is 36.6 Å². The van der Waals surface area contributed by atoms with Crippen molar-refractivity contribution < 1.29 is 14.7 Å². The van der Waals surface area contributed by atoms with Gasteiger partial charge in [-0.1, -0.05) is 43.2 Å². The van der Waals surface area contributed by atoms with E-state index in [-0.39, 0.29) is 0 Å². The molecule has 6 nitrogen and oxygen atoms in total. The van der Waals surface area contributed by atoms with Crippen molar-refractivity contribution in [2.24, 2.45) is 0 Å². The van der Waals surface area contributed by atoms with Gasteiger partial charge in [-0.3, -0.25) is 9.20 Å². The molecular weight excluding hydrogens is 366 g/mol. The number of pyridine rings is 1. The summed E-state index contributed by atoms with van der Waals surface area (Å²) in [5.41, 5.74) is 5.52. The van der Waals surface area contributed by atoms with E-state index in [2.05, 4.69) is 5.32 Å². The molecule has 0 bridgehead atoms. The number of carbonyl (C=O) groups excluding carboxylic acids is 1. The number of aryl methyl sites for hydroxylation is 2. The Morgan fingerprint density at radius 3 is 2.55 bits per heavy atom. The highest BCUT2D eigenvalue weighted by Crippen LogP contribution is 2.26. The van der Waals surface area contributed by atoms with Gasteiger partial charge in [-0.05, 0) is 44.0 Å². The second-order valence-corrected chi connectivity index (χ2v) is 7.17. The van der Waals surface area contributed by atoms with Gasteiger partial charge in [0.25, 0.3) is 0 Å². The molecule has 0 fully saturated rings. The first kappa shape index (κ1) is 20.3. The lowest BCUT2D eigenvalue weighted by Crippen LogP contribution is -2.39. The van der Waals surface area contributed by atoms with Gasteiger partial charge in [0.05, 0.1) is 11.4 Å². The number of carboxylic acids is 1. The summed E-state index contributed by atoms with van der Waals surface area (Å²) >= 11 is 0. The number of nitrogens with zero attached hydrogens (tertiary/aromatic N) is 2. The molecule has 3 aromatic rings. The van der Waals surface area contributed by atoms with Gasteiger partial charge >= 0.3 is 5.97 Å². The Morgan fingerprint density at radius 1 is 1.17 bits per heavy atom. The summed E-state index contributed by atoms with van der Waals surface area (Å²) < 4.78 is 1.92. The molecule has 2 N–H and O–H groups in total. The molecular formula is C23H25N3O3. The molecule has 1 atom stereocenters. The van der Waals surface area contributed by atoms with Crippen LogP contribution in [-0.4, -0.2) is 32.4 Å². The van der Waals surface area contributed by atoms with E-state index in [0.29, 0.717) is 12.8 Å². The van der Waals surface area contributed by atoms with Crippen molar-refractivity contribution in [1.82, 2.24) is 14.7 Å². The summed E-state index contributed by atoms with van der Waals surface area (Å²) in [6, 6.07) is 11.1. The Bertz CT molecular complexity index is 1060. The summed E-state index contributed by atoms with van der Waals surface area (Å²) in [6.07, 6.45) is 6.03. The van der Waals surface area contributed by atoms with Crippen molar-refractivity contribution in [1.29, 1.82) is 0 Å². The maximum Gasteiger partial charge on any atom is 0.326 e. The summed E-state index contributed by atoms with van der Waals surface area (Å²) in [6.45, 7) is 5.91. The maximum absolute atomic E-state index is 12.3. The van der Waals surface area contributed by atoms with Crippen molar-refractivity contribution in [3.05, 3.63) is 65.5 Å². The van der Waals surface area contributed by atoms with E-state index in [4.69, 9.17) is 4.98 Å². The number of aromatic nitrogens is 2. The van der Waals surface area contributed by atoms with Gasteiger partial charge in [-0.25, -0.2) is 9.78 Å². The fourth-order valence-corrected chi connectivity index (χ4v) is 3.17. The second kappa shape index (κ2) is 8.73. The number of amides is 1. The molecule has 29 heavy (non-hydrogen) atoms. The van der Waals surface area contributed by atoms with Crippen LogP contribution >= 0.6 is 0 Å². The number of nitrogens with one attached hydrogen (secondary N) is 1. The van der Waals surface area contributed by atoms with Crippen LogP contribution in [0, 0.1) is 13.8 Å². The van der Waals surface area contributed by atoms with Crippen molar-refractivity contribution >= 4 is 23.6 Å². The fraction of sp³-hybridized carbons (Fsp3) is 0.261. The van der Waals surface area contributed by atoms with E-state index in [1.54, 1.807) is 6.08 Å². The molecule has 0 aliphatic heterocycles. The molecule has 0 spiro atoms. The minimum Gasteiger partial charge on any atom is -0.480 e. The number of fused-ring (bicyclic) bond motifs is 1. The van der Waals surface area contributed by atoms with E-state index >= 15 is 0 Å². The first-order valence-corrected chi connectivity index (χ1v) is 9.66. The van der Waals surface area contributed by atoms with E-state index in [1.165, 1.54) is 6.08 Å². The molecule has 6 heteroatoms. The normalized spacial score (nSPS) is 12.4. The molecule has 0 radical (unpaired) electrons. The number of carboxylic acid groups (broad SMARTS) is 1. The molecule has 0 aliphatic rings. The minimum atomic E-state index is -1.03. The number of benzene rings is 1. The van der Waals surface area contributed by atoms with Gasteiger partial charge in [-0.15, -0.1) is 0 Å².